The van der Waals surface area contributed by atoms with Gasteiger partial charge in [-0.1, -0.05) is 37.3 Å². The molecule has 29 heavy (non-hydrogen) atoms. The first-order chi connectivity index (χ1) is 13.9. The summed E-state index contributed by atoms with van der Waals surface area (Å²) in [5.41, 5.74) is 4.78. The van der Waals surface area contributed by atoms with E-state index in [4.69, 9.17) is 0 Å². The van der Waals surface area contributed by atoms with Crippen LogP contribution in [0.1, 0.15) is 30.0 Å². The lowest BCUT2D eigenvalue weighted by Gasteiger charge is -2.20. The van der Waals surface area contributed by atoms with Gasteiger partial charge in [-0.15, -0.1) is 0 Å². The Balaban J connectivity index is 1.57. The van der Waals surface area contributed by atoms with Crippen LogP contribution in [0.3, 0.4) is 0 Å². The van der Waals surface area contributed by atoms with Crippen LogP contribution in [-0.4, -0.2) is 30.8 Å². The summed E-state index contributed by atoms with van der Waals surface area (Å²) in [7, 11) is 0. The molecule has 1 atom stereocenters. The van der Waals surface area contributed by atoms with E-state index in [-0.39, 0.29) is 30.7 Å². The lowest BCUT2D eigenvalue weighted by molar-refractivity contribution is -0.127. The molecule has 1 heterocycles. The number of carbonyl (C=O) groups is 3. The number of benzene rings is 2. The van der Waals surface area contributed by atoms with Crippen molar-refractivity contribution in [3.63, 3.8) is 0 Å². The smallest absolute Gasteiger partial charge is 0.243 e. The van der Waals surface area contributed by atoms with Crippen molar-refractivity contribution >= 4 is 29.1 Å². The summed E-state index contributed by atoms with van der Waals surface area (Å²) in [5.74, 6) is -1.08. The Morgan fingerprint density at radius 1 is 1.10 bits per heavy atom. The summed E-state index contributed by atoms with van der Waals surface area (Å²) in [6.45, 7) is 6.20. The quantitative estimate of drug-likeness (QED) is 0.792. The maximum atomic E-state index is 12.5. The van der Waals surface area contributed by atoms with Gasteiger partial charge in [-0.3, -0.25) is 14.4 Å². The van der Waals surface area contributed by atoms with Crippen LogP contribution >= 0.6 is 0 Å². The van der Waals surface area contributed by atoms with E-state index in [0.717, 1.165) is 34.5 Å². The average molecular weight is 393 g/mol. The van der Waals surface area contributed by atoms with Gasteiger partial charge < -0.3 is 15.5 Å². The van der Waals surface area contributed by atoms with Gasteiger partial charge in [0.15, 0.2) is 0 Å². The molecule has 0 saturated carbocycles. The number of nitrogens with one attached hydrogen (secondary N) is 2. The molecule has 0 aromatic heterocycles. The van der Waals surface area contributed by atoms with E-state index in [1.165, 1.54) is 0 Å². The van der Waals surface area contributed by atoms with Crippen molar-refractivity contribution in [3.05, 3.63) is 59.2 Å². The summed E-state index contributed by atoms with van der Waals surface area (Å²) >= 11 is 0. The molecule has 0 spiro atoms. The second-order valence-electron chi connectivity index (χ2n) is 7.40. The lowest BCUT2D eigenvalue weighted by atomic mass is 10.1. The summed E-state index contributed by atoms with van der Waals surface area (Å²) in [4.78, 5) is 38.9. The third-order valence-corrected chi connectivity index (χ3v) is 5.46. The topological polar surface area (TPSA) is 78.5 Å². The highest BCUT2D eigenvalue weighted by Crippen LogP contribution is 2.29. The molecule has 6 heteroatoms. The molecule has 0 radical (unpaired) electrons. The summed E-state index contributed by atoms with van der Waals surface area (Å²) < 4.78 is 0. The molecule has 6 nitrogen and oxygen atoms in total. The Kier molecular flexibility index (Phi) is 6.32. The van der Waals surface area contributed by atoms with E-state index >= 15 is 0 Å². The average Bonchev–Trinajstić information content (AvgIpc) is 3.10. The van der Waals surface area contributed by atoms with E-state index in [0.29, 0.717) is 6.54 Å². The third kappa shape index (κ3) is 4.65. The molecular weight excluding hydrogens is 366 g/mol. The predicted molar refractivity (Wildman–Crippen MR) is 114 cm³/mol. The van der Waals surface area contributed by atoms with E-state index in [1.807, 2.05) is 63.2 Å². The monoisotopic (exact) mass is 393 g/mol. The van der Waals surface area contributed by atoms with Gasteiger partial charge in [-0.2, -0.15) is 0 Å². The predicted octanol–water partition coefficient (Wildman–Crippen LogP) is 2.97. The van der Waals surface area contributed by atoms with Gasteiger partial charge in [0.05, 0.1) is 12.5 Å². The molecule has 1 fully saturated rings. The van der Waals surface area contributed by atoms with Crippen molar-refractivity contribution in [2.45, 2.75) is 33.6 Å². The molecular formula is C23H27N3O3. The van der Waals surface area contributed by atoms with E-state index in [9.17, 15) is 14.4 Å². The highest BCUT2D eigenvalue weighted by atomic mass is 16.2. The zero-order valence-corrected chi connectivity index (χ0v) is 17.1. The Labute approximate surface area is 171 Å². The fourth-order valence-corrected chi connectivity index (χ4v) is 3.60. The fourth-order valence-electron chi connectivity index (χ4n) is 3.60. The van der Waals surface area contributed by atoms with Crippen LogP contribution in [0.25, 0.3) is 0 Å². The Bertz CT molecular complexity index is 939. The van der Waals surface area contributed by atoms with E-state index < -0.39 is 5.92 Å². The number of carbonyl (C=O) groups excluding carboxylic acids is 3. The first-order valence-electron chi connectivity index (χ1n) is 9.92. The minimum atomic E-state index is -0.460. The van der Waals surface area contributed by atoms with E-state index in [2.05, 4.69) is 10.6 Å². The van der Waals surface area contributed by atoms with Gasteiger partial charge in [0, 0.05) is 24.3 Å². The largest absolute Gasteiger partial charge is 0.347 e. The molecule has 2 aromatic carbocycles. The highest BCUT2D eigenvalue weighted by molar-refractivity contribution is 6.02. The number of hydrogen-bond acceptors (Lipinski definition) is 3. The first kappa shape index (κ1) is 20.6. The number of anilines is 2. The number of amides is 3. The zero-order valence-electron chi connectivity index (χ0n) is 17.1. The zero-order chi connectivity index (χ0) is 21.0. The molecule has 1 unspecified atom stereocenters. The number of nitrogens with zero attached hydrogens (tertiary/aromatic N) is 1. The number of aryl methyl sites for hydroxylation is 2. The van der Waals surface area contributed by atoms with Gasteiger partial charge in [-0.05, 0) is 49.1 Å². The molecule has 2 N–H and O–H groups in total. The van der Waals surface area contributed by atoms with Crippen molar-refractivity contribution in [3.8, 4) is 0 Å². The third-order valence-electron chi connectivity index (χ3n) is 5.46. The number of hydrogen-bond donors (Lipinski definition) is 2. The molecule has 2 aromatic rings. The molecule has 0 bridgehead atoms. The number of para-hydroxylation sites is 1. The minimum Gasteiger partial charge on any atom is -0.347 e. The number of rotatable bonds is 6. The maximum Gasteiger partial charge on any atom is 0.243 e. The fraction of sp³-hybridized carbons (Fsp3) is 0.348. The van der Waals surface area contributed by atoms with Gasteiger partial charge in [0.1, 0.15) is 0 Å². The van der Waals surface area contributed by atoms with Crippen LogP contribution in [0.15, 0.2) is 42.5 Å². The van der Waals surface area contributed by atoms with Crippen molar-refractivity contribution in [1.82, 2.24) is 5.32 Å². The summed E-state index contributed by atoms with van der Waals surface area (Å²) in [6, 6.07) is 13.4. The van der Waals surface area contributed by atoms with Crippen LogP contribution in [0, 0.1) is 19.8 Å². The molecule has 3 amide bonds. The van der Waals surface area contributed by atoms with E-state index in [1.54, 1.807) is 4.90 Å². The van der Waals surface area contributed by atoms with Crippen molar-refractivity contribution < 1.29 is 14.4 Å². The second kappa shape index (κ2) is 8.90. The highest BCUT2D eigenvalue weighted by Gasteiger charge is 2.35. The molecule has 1 aliphatic heterocycles. The van der Waals surface area contributed by atoms with Crippen molar-refractivity contribution in [1.29, 1.82) is 0 Å². The van der Waals surface area contributed by atoms with Gasteiger partial charge in [-0.25, -0.2) is 0 Å². The van der Waals surface area contributed by atoms with Crippen LogP contribution in [-0.2, 0) is 20.8 Å². The Hall–Kier alpha value is -3.15. The normalized spacial score (nSPS) is 16.0. The van der Waals surface area contributed by atoms with Crippen LogP contribution in [0.4, 0.5) is 11.4 Å². The molecule has 3 rings (SSSR count). The summed E-state index contributed by atoms with van der Waals surface area (Å²) in [6.07, 6.45) is 0.959. The van der Waals surface area contributed by atoms with Crippen LogP contribution in [0.5, 0.6) is 0 Å². The Morgan fingerprint density at radius 3 is 2.62 bits per heavy atom. The standard InChI is InChI=1S/C23H27N3O3/c1-4-17-9-5-6-10-19(17)25-21(27)13-24-23(29)18-12-22(28)26(14-18)20-11-7-8-15(2)16(20)3/h5-11,18H,4,12-14H2,1-3H3,(H,24,29)(H,25,27). The molecule has 152 valence electrons. The van der Waals surface area contributed by atoms with Crippen LogP contribution in [0.2, 0.25) is 0 Å². The summed E-state index contributed by atoms with van der Waals surface area (Å²) in [5, 5.41) is 5.50. The van der Waals surface area contributed by atoms with Crippen molar-refractivity contribution in [2.24, 2.45) is 5.92 Å². The van der Waals surface area contributed by atoms with Gasteiger partial charge in [0.25, 0.3) is 0 Å². The lowest BCUT2D eigenvalue weighted by Crippen LogP contribution is -2.38. The molecule has 0 aliphatic carbocycles. The van der Waals surface area contributed by atoms with Crippen molar-refractivity contribution in [2.75, 3.05) is 23.3 Å². The van der Waals surface area contributed by atoms with Crippen LogP contribution < -0.4 is 15.5 Å². The second-order valence-corrected chi connectivity index (χ2v) is 7.40. The Morgan fingerprint density at radius 2 is 1.86 bits per heavy atom. The molecule has 1 saturated heterocycles. The first-order valence-corrected chi connectivity index (χ1v) is 9.92. The maximum absolute atomic E-state index is 12.5. The van der Waals surface area contributed by atoms with Gasteiger partial charge >= 0.3 is 0 Å². The van der Waals surface area contributed by atoms with Gasteiger partial charge in [0.2, 0.25) is 17.7 Å². The minimum absolute atomic E-state index is 0.0693. The SMILES string of the molecule is CCc1ccccc1NC(=O)CNC(=O)C1CC(=O)N(c2cccc(C)c2C)C1. The molecule has 1 aliphatic rings.